The van der Waals surface area contributed by atoms with E-state index in [-0.39, 0.29) is 16.9 Å². The van der Waals surface area contributed by atoms with Gasteiger partial charge in [-0.25, -0.2) is 13.2 Å². The molecule has 0 aliphatic heterocycles. The highest BCUT2D eigenvalue weighted by Crippen LogP contribution is 2.39. The summed E-state index contributed by atoms with van der Waals surface area (Å²) in [6.45, 7) is 0. The summed E-state index contributed by atoms with van der Waals surface area (Å²) < 4.78 is 81.5. The average molecular weight is 424 g/mol. The highest BCUT2D eigenvalue weighted by molar-refractivity contribution is 6.04. The maximum absolute atomic E-state index is 14.6. The summed E-state index contributed by atoms with van der Waals surface area (Å²) in [5, 5.41) is 2.31. The smallest absolute Gasteiger partial charge is 0.342 e. The van der Waals surface area contributed by atoms with E-state index in [0.29, 0.717) is 18.2 Å². The Kier molecular flexibility index (Phi) is 5.73. The third kappa shape index (κ3) is 4.40. The van der Waals surface area contributed by atoms with Gasteiger partial charge in [-0.05, 0) is 48.5 Å². The number of benzene rings is 3. The lowest BCUT2D eigenvalue weighted by atomic mass is 10.1. The third-order valence-corrected chi connectivity index (χ3v) is 4.31. The van der Waals surface area contributed by atoms with Crippen molar-refractivity contribution in [2.75, 3.05) is 17.3 Å². The Morgan fingerprint density at radius 1 is 0.867 bits per heavy atom. The quantitative estimate of drug-likeness (QED) is 0.510. The molecule has 0 aliphatic rings. The van der Waals surface area contributed by atoms with E-state index in [0.717, 1.165) is 30.1 Å². The molecule has 3 rings (SSSR count). The molecule has 0 spiro atoms. The average Bonchev–Trinajstić information content (AvgIpc) is 2.67. The highest BCUT2D eigenvalue weighted by atomic mass is 19.4. The molecule has 3 aromatic rings. The van der Waals surface area contributed by atoms with Crippen molar-refractivity contribution >= 4 is 23.0 Å². The fourth-order valence-corrected chi connectivity index (χ4v) is 2.85. The molecule has 3 aromatic carbocycles. The number of rotatable bonds is 4. The van der Waals surface area contributed by atoms with Crippen LogP contribution in [0.5, 0.6) is 0 Å². The van der Waals surface area contributed by atoms with Crippen molar-refractivity contribution in [2.45, 2.75) is 6.18 Å². The second kappa shape index (κ2) is 8.10. The van der Waals surface area contributed by atoms with E-state index < -0.39 is 40.8 Å². The van der Waals surface area contributed by atoms with E-state index in [2.05, 4.69) is 5.32 Å². The van der Waals surface area contributed by atoms with E-state index in [9.17, 15) is 31.1 Å². The van der Waals surface area contributed by atoms with Crippen LogP contribution in [-0.4, -0.2) is 13.0 Å². The second-order valence-corrected chi connectivity index (χ2v) is 6.32. The second-order valence-electron chi connectivity index (χ2n) is 6.32. The third-order valence-electron chi connectivity index (χ3n) is 4.31. The van der Waals surface area contributed by atoms with Gasteiger partial charge in [0.2, 0.25) is 0 Å². The Morgan fingerprint density at radius 3 is 2.20 bits per heavy atom. The maximum atomic E-state index is 14.6. The Labute approximate surface area is 167 Å². The zero-order chi connectivity index (χ0) is 22.1. The van der Waals surface area contributed by atoms with Crippen molar-refractivity contribution in [1.29, 1.82) is 0 Å². The van der Waals surface area contributed by atoms with Crippen LogP contribution in [0.15, 0.2) is 60.7 Å². The van der Waals surface area contributed by atoms with E-state index >= 15 is 0 Å². The molecule has 0 radical (unpaired) electrons. The monoisotopic (exact) mass is 424 g/mol. The van der Waals surface area contributed by atoms with Crippen molar-refractivity contribution in [2.24, 2.45) is 0 Å². The first-order valence-corrected chi connectivity index (χ1v) is 8.54. The summed E-state index contributed by atoms with van der Waals surface area (Å²) in [5.74, 6) is -3.48. The van der Waals surface area contributed by atoms with Gasteiger partial charge in [0, 0.05) is 12.7 Å². The van der Waals surface area contributed by atoms with Gasteiger partial charge in [0.05, 0.1) is 22.5 Å². The van der Waals surface area contributed by atoms with Gasteiger partial charge in [0.1, 0.15) is 17.5 Å². The van der Waals surface area contributed by atoms with Crippen molar-refractivity contribution in [3.63, 3.8) is 0 Å². The molecule has 0 saturated carbocycles. The van der Waals surface area contributed by atoms with Gasteiger partial charge in [-0.1, -0.05) is 12.1 Å². The number of halogens is 6. The summed E-state index contributed by atoms with van der Waals surface area (Å²) in [6.07, 6.45) is -4.78. The van der Waals surface area contributed by atoms with Crippen LogP contribution in [0.3, 0.4) is 0 Å². The lowest BCUT2D eigenvalue weighted by Crippen LogP contribution is -2.18. The van der Waals surface area contributed by atoms with Gasteiger partial charge >= 0.3 is 6.18 Å². The number of carbonyl (C=O) groups is 1. The number of nitrogens with zero attached hydrogens (tertiary/aromatic N) is 1. The molecule has 0 bridgehead atoms. The van der Waals surface area contributed by atoms with E-state index in [1.165, 1.54) is 24.3 Å². The van der Waals surface area contributed by atoms with Crippen molar-refractivity contribution in [3.05, 3.63) is 89.2 Å². The van der Waals surface area contributed by atoms with Crippen molar-refractivity contribution in [1.82, 2.24) is 0 Å². The van der Waals surface area contributed by atoms with Crippen LogP contribution in [0.2, 0.25) is 0 Å². The molecule has 156 valence electrons. The SMILES string of the molecule is CN(c1ccc(NC(=O)c2ccccc2F)cc1F)c1cc(F)ccc1C(F)(F)F. The van der Waals surface area contributed by atoms with Gasteiger partial charge in [0.25, 0.3) is 5.91 Å². The van der Waals surface area contributed by atoms with Crippen LogP contribution in [0, 0.1) is 17.5 Å². The molecule has 1 N–H and O–H groups in total. The minimum absolute atomic E-state index is 0.0341. The van der Waals surface area contributed by atoms with Gasteiger partial charge in [-0.15, -0.1) is 0 Å². The van der Waals surface area contributed by atoms with E-state index in [4.69, 9.17) is 0 Å². The highest BCUT2D eigenvalue weighted by Gasteiger charge is 2.35. The van der Waals surface area contributed by atoms with Crippen molar-refractivity contribution in [3.8, 4) is 0 Å². The molecule has 0 heterocycles. The summed E-state index contributed by atoms with van der Waals surface area (Å²) in [7, 11) is 1.15. The van der Waals surface area contributed by atoms with Gasteiger partial charge in [0.15, 0.2) is 0 Å². The largest absolute Gasteiger partial charge is 0.418 e. The van der Waals surface area contributed by atoms with Crippen LogP contribution in [0.25, 0.3) is 0 Å². The van der Waals surface area contributed by atoms with Crippen LogP contribution >= 0.6 is 0 Å². The first-order valence-electron chi connectivity index (χ1n) is 8.54. The Bertz CT molecular complexity index is 1100. The summed E-state index contributed by atoms with van der Waals surface area (Å²) in [6, 6.07) is 10.3. The number of carbonyl (C=O) groups excluding carboxylic acids is 1. The Hall–Kier alpha value is -3.49. The predicted octanol–water partition coefficient (Wildman–Crippen LogP) is 6.14. The summed E-state index contributed by atoms with van der Waals surface area (Å²) in [5.41, 5.74) is -2.29. The molecule has 0 fully saturated rings. The van der Waals surface area contributed by atoms with Crippen LogP contribution in [0.4, 0.5) is 43.4 Å². The number of anilines is 3. The Balaban J connectivity index is 1.90. The van der Waals surface area contributed by atoms with Gasteiger partial charge < -0.3 is 10.2 Å². The zero-order valence-electron chi connectivity index (χ0n) is 15.4. The number of hydrogen-bond donors (Lipinski definition) is 1. The topological polar surface area (TPSA) is 32.3 Å². The van der Waals surface area contributed by atoms with Crippen LogP contribution in [0.1, 0.15) is 15.9 Å². The number of amides is 1. The molecule has 1 amide bonds. The lowest BCUT2D eigenvalue weighted by Gasteiger charge is -2.24. The first kappa shape index (κ1) is 21.2. The van der Waals surface area contributed by atoms with Crippen LogP contribution in [-0.2, 0) is 6.18 Å². The summed E-state index contributed by atoms with van der Waals surface area (Å²) in [4.78, 5) is 13.0. The molecule has 30 heavy (non-hydrogen) atoms. The molecule has 9 heteroatoms. The fraction of sp³-hybridized carbons (Fsp3) is 0.0952. The molecule has 3 nitrogen and oxygen atoms in total. The molecule has 0 aliphatic carbocycles. The van der Waals surface area contributed by atoms with E-state index in [1.807, 2.05) is 0 Å². The predicted molar refractivity (Wildman–Crippen MR) is 100 cm³/mol. The van der Waals surface area contributed by atoms with Gasteiger partial charge in [-0.2, -0.15) is 13.2 Å². The molecule has 0 unspecified atom stereocenters. The normalized spacial score (nSPS) is 11.3. The zero-order valence-corrected chi connectivity index (χ0v) is 15.4. The molecular weight excluding hydrogens is 410 g/mol. The van der Waals surface area contributed by atoms with Crippen molar-refractivity contribution < 1.29 is 31.1 Å². The maximum Gasteiger partial charge on any atom is 0.418 e. The Morgan fingerprint density at radius 2 is 1.57 bits per heavy atom. The number of hydrogen-bond acceptors (Lipinski definition) is 2. The van der Waals surface area contributed by atoms with Crippen LogP contribution < -0.4 is 10.2 Å². The number of nitrogens with one attached hydrogen (secondary N) is 1. The molecule has 0 aromatic heterocycles. The minimum atomic E-state index is -4.78. The van der Waals surface area contributed by atoms with E-state index in [1.54, 1.807) is 0 Å². The lowest BCUT2D eigenvalue weighted by molar-refractivity contribution is -0.137. The number of alkyl halides is 3. The fourth-order valence-electron chi connectivity index (χ4n) is 2.85. The molecule has 0 saturated heterocycles. The molecular formula is C21H14F6N2O. The minimum Gasteiger partial charge on any atom is -0.342 e. The summed E-state index contributed by atoms with van der Waals surface area (Å²) >= 11 is 0. The standard InChI is InChI=1S/C21H14F6N2O/c1-29(19-10-12(22)6-8-15(19)21(25,26)27)18-9-7-13(11-17(18)24)28-20(30)14-4-2-3-5-16(14)23/h2-11H,1H3,(H,28,30). The molecule has 0 atom stereocenters. The van der Waals surface area contributed by atoms with Gasteiger partial charge in [-0.3, -0.25) is 4.79 Å². The first-order chi connectivity index (χ1) is 14.1.